The van der Waals surface area contributed by atoms with E-state index in [2.05, 4.69) is 62.0 Å². The van der Waals surface area contributed by atoms with Crippen molar-refractivity contribution in [3.05, 3.63) is 64.9 Å². The molecule has 156 valence electrons. The van der Waals surface area contributed by atoms with E-state index in [0.717, 1.165) is 83.4 Å². The van der Waals surface area contributed by atoms with E-state index in [1.54, 1.807) is 0 Å². The molecule has 0 saturated heterocycles. The van der Waals surface area contributed by atoms with E-state index in [1.165, 1.54) is 5.56 Å². The summed E-state index contributed by atoms with van der Waals surface area (Å²) in [5.74, 6) is 2.87. The number of hydrogen-bond donors (Lipinski definition) is 4. The highest BCUT2D eigenvalue weighted by molar-refractivity contribution is 6.05. The number of ether oxygens (including phenoxy) is 1. The van der Waals surface area contributed by atoms with Crippen LogP contribution in [0.1, 0.15) is 22.4 Å². The highest BCUT2D eigenvalue weighted by Crippen LogP contribution is 2.32. The second-order valence-electron chi connectivity index (χ2n) is 8.07. The fourth-order valence-electron chi connectivity index (χ4n) is 4.43. The van der Waals surface area contributed by atoms with E-state index in [-0.39, 0.29) is 6.10 Å². The molecule has 7 heteroatoms. The number of anilines is 1. The lowest BCUT2D eigenvalue weighted by Gasteiger charge is -2.05. The number of rotatable bonds is 4. The number of nitrogen functional groups attached to an aromatic ring is 1. The number of nitrogens with zero attached hydrogens (tertiary/aromatic N) is 2. The van der Waals surface area contributed by atoms with Gasteiger partial charge in [0, 0.05) is 41.5 Å². The molecule has 7 nitrogen and oxygen atoms in total. The molecule has 0 radical (unpaired) electrons. The van der Waals surface area contributed by atoms with Crippen LogP contribution in [-0.2, 0) is 6.42 Å². The molecule has 0 saturated carbocycles. The molecule has 0 bridgehead atoms. The molecular weight excluding hydrogens is 388 g/mol. The molecule has 0 amide bonds. The third kappa shape index (κ3) is 3.22. The van der Waals surface area contributed by atoms with Gasteiger partial charge in [-0.2, -0.15) is 0 Å². The molecule has 4 heterocycles. The minimum absolute atomic E-state index is 0.0119. The summed E-state index contributed by atoms with van der Waals surface area (Å²) in [5.41, 5.74) is 12.5. The van der Waals surface area contributed by atoms with Gasteiger partial charge in [-0.1, -0.05) is 12.1 Å². The Balaban J connectivity index is 1.22. The van der Waals surface area contributed by atoms with Crippen molar-refractivity contribution in [2.24, 2.45) is 9.98 Å². The fourth-order valence-corrected chi connectivity index (χ4v) is 4.43. The summed E-state index contributed by atoms with van der Waals surface area (Å²) in [4.78, 5) is 12.5. The Morgan fingerprint density at radius 3 is 2.45 bits per heavy atom. The number of aromatic amines is 1. The van der Waals surface area contributed by atoms with Crippen LogP contribution in [0.3, 0.4) is 0 Å². The Bertz CT molecular complexity index is 1270. The largest absolute Gasteiger partial charge is 0.486 e. The lowest BCUT2D eigenvalue weighted by atomic mass is 10.1. The van der Waals surface area contributed by atoms with Gasteiger partial charge in [0.1, 0.15) is 23.5 Å². The van der Waals surface area contributed by atoms with Crippen molar-refractivity contribution in [2.45, 2.75) is 12.5 Å². The van der Waals surface area contributed by atoms with Crippen LogP contribution in [-0.4, -0.2) is 48.9 Å². The molecule has 1 atom stereocenters. The molecule has 0 aliphatic carbocycles. The third-order valence-electron chi connectivity index (χ3n) is 6.00. The topological polar surface area (TPSA) is 99.8 Å². The first-order valence-electron chi connectivity index (χ1n) is 10.7. The molecule has 3 aromatic rings. The standard InChI is InChI=1S/C24H24N6O/c25-22-18-4-1-15(24-28-9-10-29-24)13-20(18)30-19(22)5-3-17-12-16-11-14(2-6-21(16)31-17)23-26-7-8-27-23/h1-6,11,13,17,30H,7-10,12,25H2,(H,26,27)(H,28,29)/b5-3+. The van der Waals surface area contributed by atoms with E-state index < -0.39 is 0 Å². The van der Waals surface area contributed by atoms with Crippen molar-refractivity contribution >= 4 is 34.3 Å². The van der Waals surface area contributed by atoms with Gasteiger partial charge >= 0.3 is 0 Å². The minimum atomic E-state index is -0.0119. The van der Waals surface area contributed by atoms with E-state index in [1.807, 2.05) is 12.1 Å². The van der Waals surface area contributed by atoms with Crippen molar-refractivity contribution in [2.75, 3.05) is 31.9 Å². The van der Waals surface area contributed by atoms with Gasteiger partial charge in [-0.15, -0.1) is 0 Å². The number of hydrogen-bond acceptors (Lipinski definition) is 6. The summed E-state index contributed by atoms with van der Waals surface area (Å²) < 4.78 is 6.12. The average molecular weight is 412 g/mol. The second-order valence-corrected chi connectivity index (χ2v) is 8.07. The summed E-state index contributed by atoms with van der Waals surface area (Å²) in [6.45, 7) is 3.47. The summed E-state index contributed by atoms with van der Waals surface area (Å²) >= 11 is 0. The van der Waals surface area contributed by atoms with Crippen LogP contribution in [0.25, 0.3) is 17.0 Å². The van der Waals surface area contributed by atoms with Crippen LogP contribution in [0.5, 0.6) is 5.75 Å². The maximum atomic E-state index is 6.41. The predicted octanol–water partition coefficient (Wildman–Crippen LogP) is 2.47. The molecule has 3 aliphatic heterocycles. The first kappa shape index (κ1) is 18.1. The number of fused-ring (bicyclic) bond motifs is 2. The average Bonchev–Trinajstić information content (AvgIpc) is 3.59. The third-order valence-corrected chi connectivity index (χ3v) is 6.00. The quantitative estimate of drug-likeness (QED) is 0.529. The van der Waals surface area contributed by atoms with Crippen LogP contribution in [0, 0.1) is 0 Å². The Kier molecular flexibility index (Phi) is 4.19. The van der Waals surface area contributed by atoms with Crippen molar-refractivity contribution in [1.29, 1.82) is 0 Å². The van der Waals surface area contributed by atoms with Gasteiger partial charge in [-0.3, -0.25) is 9.98 Å². The zero-order chi connectivity index (χ0) is 20.8. The maximum Gasteiger partial charge on any atom is 0.128 e. The molecule has 5 N–H and O–H groups in total. The summed E-state index contributed by atoms with van der Waals surface area (Å²) in [6, 6.07) is 12.5. The Labute approximate surface area is 180 Å². The predicted molar refractivity (Wildman–Crippen MR) is 125 cm³/mol. The summed E-state index contributed by atoms with van der Waals surface area (Å²) in [6.07, 6.45) is 4.93. The van der Waals surface area contributed by atoms with Crippen LogP contribution in [0.4, 0.5) is 5.69 Å². The highest BCUT2D eigenvalue weighted by Gasteiger charge is 2.22. The maximum absolute atomic E-state index is 6.41. The number of nitrogens with one attached hydrogen (secondary N) is 3. The highest BCUT2D eigenvalue weighted by atomic mass is 16.5. The number of aromatic nitrogens is 1. The van der Waals surface area contributed by atoms with Crippen LogP contribution < -0.4 is 21.1 Å². The number of aliphatic imine (C=N–C) groups is 2. The number of nitrogens with two attached hydrogens (primary N) is 1. The molecule has 1 aromatic heterocycles. The molecule has 0 fully saturated rings. The van der Waals surface area contributed by atoms with E-state index in [0.29, 0.717) is 0 Å². The zero-order valence-electron chi connectivity index (χ0n) is 17.1. The monoisotopic (exact) mass is 412 g/mol. The first-order chi connectivity index (χ1) is 15.2. The van der Waals surface area contributed by atoms with Gasteiger partial charge in [0.05, 0.1) is 24.5 Å². The zero-order valence-corrected chi connectivity index (χ0v) is 17.1. The minimum Gasteiger partial charge on any atom is -0.486 e. The van der Waals surface area contributed by atoms with Gasteiger partial charge in [0.2, 0.25) is 0 Å². The smallest absolute Gasteiger partial charge is 0.128 e. The lowest BCUT2D eigenvalue weighted by molar-refractivity contribution is 0.284. The number of H-pyrrole nitrogens is 1. The second kappa shape index (κ2) is 7.19. The van der Waals surface area contributed by atoms with Crippen molar-refractivity contribution in [1.82, 2.24) is 15.6 Å². The normalized spacial score (nSPS) is 19.8. The Morgan fingerprint density at radius 2 is 1.71 bits per heavy atom. The molecule has 0 spiro atoms. The van der Waals surface area contributed by atoms with Crippen LogP contribution in [0.2, 0.25) is 0 Å². The molecule has 6 rings (SSSR count). The summed E-state index contributed by atoms with van der Waals surface area (Å²) in [7, 11) is 0. The molecule has 2 aromatic carbocycles. The van der Waals surface area contributed by atoms with Crippen LogP contribution >= 0.6 is 0 Å². The van der Waals surface area contributed by atoms with Gasteiger partial charge in [0.25, 0.3) is 0 Å². The number of benzene rings is 2. The molecule has 3 aliphatic rings. The van der Waals surface area contributed by atoms with Crippen molar-refractivity contribution in [3.63, 3.8) is 0 Å². The lowest BCUT2D eigenvalue weighted by Crippen LogP contribution is -2.19. The van der Waals surface area contributed by atoms with E-state index >= 15 is 0 Å². The molecule has 1 unspecified atom stereocenters. The first-order valence-corrected chi connectivity index (χ1v) is 10.7. The number of amidine groups is 2. The SMILES string of the molecule is Nc1c(/C=C/C2Cc3cc(C4=NCCN4)ccc3O2)[nH]c2cc(C3=NCCN3)ccc12. The van der Waals surface area contributed by atoms with Crippen molar-refractivity contribution in [3.8, 4) is 5.75 Å². The van der Waals surface area contributed by atoms with Gasteiger partial charge in [-0.25, -0.2) is 0 Å². The van der Waals surface area contributed by atoms with E-state index in [4.69, 9.17) is 10.5 Å². The fraction of sp³-hybridized carbons (Fsp3) is 0.250. The Morgan fingerprint density at radius 1 is 0.968 bits per heavy atom. The van der Waals surface area contributed by atoms with Gasteiger partial charge in [-0.05, 0) is 42.0 Å². The molecular formula is C24H24N6O. The molecule has 31 heavy (non-hydrogen) atoms. The van der Waals surface area contributed by atoms with E-state index in [9.17, 15) is 0 Å². The van der Waals surface area contributed by atoms with Crippen molar-refractivity contribution < 1.29 is 4.74 Å². The van der Waals surface area contributed by atoms with Gasteiger partial charge < -0.3 is 26.1 Å². The Hall–Kier alpha value is -3.74. The van der Waals surface area contributed by atoms with Crippen LogP contribution in [0.15, 0.2) is 52.5 Å². The van der Waals surface area contributed by atoms with Gasteiger partial charge in [0.15, 0.2) is 0 Å². The summed E-state index contributed by atoms with van der Waals surface area (Å²) in [5, 5.41) is 7.66.